The van der Waals surface area contributed by atoms with Gasteiger partial charge in [0.15, 0.2) is 0 Å². The van der Waals surface area contributed by atoms with Crippen molar-refractivity contribution >= 4 is 34.6 Å². The predicted octanol–water partition coefficient (Wildman–Crippen LogP) is 2.42. The van der Waals surface area contributed by atoms with Crippen LogP contribution in [-0.4, -0.2) is 47.3 Å². The molecule has 9 heteroatoms. The van der Waals surface area contributed by atoms with Crippen molar-refractivity contribution in [3.8, 4) is 0 Å². The fourth-order valence-electron chi connectivity index (χ4n) is 4.53. The summed E-state index contributed by atoms with van der Waals surface area (Å²) < 4.78 is 14.1. The van der Waals surface area contributed by atoms with Crippen LogP contribution in [0.3, 0.4) is 0 Å². The summed E-state index contributed by atoms with van der Waals surface area (Å²) in [4.78, 5) is 50.6. The molecule has 3 aromatic rings. The monoisotopic (exact) mass is 500 g/mol. The molecule has 0 spiro atoms. The zero-order chi connectivity index (χ0) is 26.2. The summed E-state index contributed by atoms with van der Waals surface area (Å²) in [6.45, 7) is 0.612. The van der Waals surface area contributed by atoms with Gasteiger partial charge in [-0.3, -0.25) is 4.79 Å². The van der Waals surface area contributed by atoms with Gasteiger partial charge in [-0.1, -0.05) is 36.4 Å². The second-order valence-corrected chi connectivity index (χ2v) is 8.81. The number of aromatic amines is 1. The highest BCUT2D eigenvalue weighted by molar-refractivity contribution is 5.98. The van der Waals surface area contributed by atoms with Crippen LogP contribution in [-0.2, 0) is 20.8 Å². The van der Waals surface area contributed by atoms with E-state index in [9.17, 15) is 23.6 Å². The zero-order valence-electron chi connectivity index (χ0n) is 19.8. The molecule has 2 unspecified atom stereocenters. The average molecular weight is 501 g/mol. The lowest BCUT2D eigenvalue weighted by Crippen LogP contribution is -2.45. The second kappa shape index (κ2) is 11.8. The van der Waals surface area contributed by atoms with Crippen molar-refractivity contribution < 1.29 is 23.6 Å². The maximum Gasteiger partial charge on any atom is 0.268 e. The second-order valence-electron chi connectivity index (χ2n) is 8.81. The molecule has 1 saturated heterocycles. The van der Waals surface area contributed by atoms with Gasteiger partial charge < -0.3 is 20.9 Å². The topological polar surface area (TPSA) is 120 Å². The Morgan fingerprint density at radius 1 is 1.11 bits per heavy atom. The molecule has 0 aliphatic carbocycles. The van der Waals surface area contributed by atoms with Gasteiger partial charge in [0.2, 0.25) is 0 Å². The van der Waals surface area contributed by atoms with E-state index in [1.54, 1.807) is 12.0 Å². The normalized spacial score (nSPS) is 16.0. The number of carbonyl (C=O) groups excluding carboxylic acids is 4. The van der Waals surface area contributed by atoms with Gasteiger partial charge in [0.05, 0.1) is 17.8 Å². The van der Waals surface area contributed by atoms with Gasteiger partial charge in [0, 0.05) is 29.4 Å². The first kappa shape index (κ1) is 25.4. The minimum Gasteiger partial charge on any atom is -0.379 e. The van der Waals surface area contributed by atoms with Gasteiger partial charge in [-0.25, -0.2) is 18.8 Å². The highest BCUT2D eigenvalue weighted by Crippen LogP contribution is 2.23. The van der Waals surface area contributed by atoms with Crippen molar-refractivity contribution in [1.82, 2.24) is 20.9 Å². The van der Waals surface area contributed by atoms with Gasteiger partial charge >= 0.3 is 0 Å². The Morgan fingerprint density at radius 3 is 2.62 bits per heavy atom. The van der Waals surface area contributed by atoms with Crippen molar-refractivity contribution in [3.05, 3.63) is 89.1 Å². The van der Waals surface area contributed by atoms with Crippen LogP contribution < -0.4 is 16.0 Å². The molecule has 0 bridgehead atoms. The molecule has 1 amide bonds. The number of carbonyl (C=O) groups is 1. The van der Waals surface area contributed by atoms with E-state index >= 15 is 0 Å². The van der Waals surface area contributed by atoms with Crippen molar-refractivity contribution in [2.45, 2.75) is 31.3 Å². The Morgan fingerprint density at radius 2 is 1.92 bits per heavy atom. The van der Waals surface area contributed by atoms with E-state index in [4.69, 9.17) is 0 Å². The maximum atomic E-state index is 14.1. The number of H-pyrrole nitrogens is 1. The number of aromatic nitrogens is 1. The number of rotatable bonds is 10. The Labute approximate surface area is 212 Å². The third kappa shape index (κ3) is 6.13. The van der Waals surface area contributed by atoms with E-state index in [-0.39, 0.29) is 29.1 Å². The summed E-state index contributed by atoms with van der Waals surface area (Å²) in [5.41, 5.74) is 1.89. The SMILES string of the molecule is O=C=CC(C[C@@H]1CCNC1=C=O)NC(=C=O)C(Cc1ccccc1)NC(=O)c1cc2c(F)cccc2[nH]1. The van der Waals surface area contributed by atoms with E-state index in [1.807, 2.05) is 42.2 Å². The van der Waals surface area contributed by atoms with Crippen LogP contribution in [0.2, 0.25) is 0 Å². The van der Waals surface area contributed by atoms with Crippen LogP contribution in [0.1, 0.15) is 28.9 Å². The molecule has 1 fully saturated rings. The molecule has 0 saturated carbocycles. The predicted molar refractivity (Wildman–Crippen MR) is 136 cm³/mol. The number of nitrogens with one attached hydrogen (secondary N) is 4. The van der Waals surface area contributed by atoms with Crippen LogP contribution in [0.25, 0.3) is 10.9 Å². The van der Waals surface area contributed by atoms with Gasteiger partial charge in [0.1, 0.15) is 35.0 Å². The van der Waals surface area contributed by atoms with Crippen LogP contribution in [0, 0.1) is 11.7 Å². The lowest BCUT2D eigenvalue weighted by atomic mass is 9.95. The molecule has 8 nitrogen and oxygen atoms in total. The lowest BCUT2D eigenvalue weighted by Gasteiger charge is -2.25. The molecule has 1 aliphatic heterocycles. The number of allylic oxidation sites excluding steroid dienone is 1. The highest BCUT2D eigenvalue weighted by atomic mass is 19.1. The van der Waals surface area contributed by atoms with Crippen molar-refractivity contribution in [2.24, 2.45) is 5.92 Å². The Bertz CT molecular complexity index is 1430. The summed E-state index contributed by atoms with van der Waals surface area (Å²) in [5.74, 6) is 4.33. The minimum absolute atomic E-state index is 0.0265. The molecule has 4 N–H and O–H groups in total. The molecule has 2 aromatic carbocycles. The number of fused-ring (bicyclic) bond motifs is 1. The minimum atomic E-state index is -0.839. The number of hydrogen-bond acceptors (Lipinski definition) is 6. The van der Waals surface area contributed by atoms with Crippen LogP contribution in [0.5, 0.6) is 0 Å². The molecular formula is C28H25FN4O4. The molecular weight excluding hydrogens is 475 g/mol. The van der Waals surface area contributed by atoms with Gasteiger partial charge in [-0.05, 0) is 43.0 Å². The van der Waals surface area contributed by atoms with Crippen LogP contribution >= 0.6 is 0 Å². The number of amides is 1. The van der Waals surface area contributed by atoms with Crippen LogP contribution in [0.4, 0.5) is 4.39 Å². The van der Waals surface area contributed by atoms with E-state index in [1.165, 1.54) is 24.3 Å². The molecule has 188 valence electrons. The van der Waals surface area contributed by atoms with Gasteiger partial charge in [-0.2, -0.15) is 0 Å². The standard InChI is InChI=1S/C28H25FN4O4/c29-22-7-4-8-23-21(22)15-25(32-23)28(37)33-24(13-18-5-2-1-3-6-18)27(17-36)31-20(10-12-34)14-19-9-11-30-26(19)16-35/h1-8,10,15,19-20,24,30-32H,9,11,13-14H2,(H,33,37)/t19-,20?,24?/m0/s1. The Balaban J connectivity index is 1.59. The maximum absolute atomic E-state index is 14.1. The van der Waals surface area contributed by atoms with E-state index in [0.717, 1.165) is 5.56 Å². The Hall–Kier alpha value is -4.67. The molecule has 1 aromatic heterocycles. The summed E-state index contributed by atoms with van der Waals surface area (Å²) >= 11 is 0. The third-order valence-corrected chi connectivity index (χ3v) is 6.38. The van der Waals surface area contributed by atoms with E-state index in [2.05, 4.69) is 20.9 Å². The fourth-order valence-corrected chi connectivity index (χ4v) is 4.53. The molecule has 1 aliphatic rings. The molecule has 4 rings (SSSR count). The van der Waals surface area contributed by atoms with Crippen molar-refractivity contribution in [3.63, 3.8) is 0 Å². The number of hydrogen-bond donors (Lipinski definition) is 4. The summed E-state index contributed by atoms with van der Waals surface area (Å²) in [6, 6.07) is 13.7. The lowest BCUT2D eigenvalue weighted by molar-refractivity contribution is 0.0937. The van der Waals surface area contributed by atoms with Gasteiger partial charge in [-0.15, -0.1) is 0 Å². The van der Waals surface area contributed by atoms with Gasteiger partial charge in [0.25, 0.3) is 5.91 Å². The summed E-state index contributed by atoms with van der Waals surface area (Å²) in [6.07, 6.45) is 2.50. The fraction of sp³-hybridized carbons (Fsp3) is 0.250. The first-order valence-electron chi connectivity index (χ1n) is 11.9. The van der Waals surface area contributed by atoms with Crippen molar-refractivity contribution in [2.75, 3.05) is 6.54 Å². The quantitative estimate of drug-likeness (QED) is 0.318. The molecule has 3 atom stereocenters. The van der Waals surface area contributed by atoms with E-state index in [0.29, 0.717) is 30.6 Å². The molecule has 0 radical (unpaired) electrons. The van der Waals surface area contributed by atoms with E-state index < -0.39 is 23.8 Å². The molecule has 2 heterocycles. The zero-order valence-corrected chi connectivity index (χ0v) is 19.8. The summed E-state index contributed by atoms with van der Waals surface area (Å²) in [7, 11) is 0. The average Bonchev–Trinajstić information content (AvgIpc) is 3.55. The largest absolute Gasteiger partial charge is 0.379 e. The number of halogens is 1. The summed E-state index contributed by atoms with van der Waals surface area (Å²) in [5, 5.41) is 9.08. The van der Waals surface area contributed by atoms with Crippen LogP contribution in [0.15, 0.2) is 72.1 Å². The number of benzene rings is 2. The highest BCUT2D eigenvalue weighted by Gasteiger charge is 2.27. The van der Waals surface area contributed by atoms with Crippen molar-refractivity contribution in [1.29, 1.82) is 0 Å². The molecule has 37 heavy (non-hydrogen) atoms. The Kier molecular flexibility index (Phi) is 8.14. The first-order valence-corrected chi connectivity index (χ1v) is 11.9. The third-order valence-electron chi connectivity index (χ3n) is 6.38. The first-order chi connectivity index (χ1) is 18.0. The smallest absolute Gasteiger partial charge is 0.268 e.